The van der Waals surface area contributed by atoms with Gasteiger partial charge in [-0.1, -0.05) is 12.1 Å². The number of carbonyl (C=O) groups is 2. The van der Waals surface area contributed by atoms with Crippen LogP contribution in [0.2, 0.25) is 0 Å². The summed E-state index contributed by atoms with van der Waals surface area (Å²) in [5.74, 6) is -2.71. The maximum absolute atomic E-state index is 14.3. The Balaban J connectivity index is 1.67. The molecule has 0 saturated carbocycles. The fourth-order valence-electron chi connectivity index (χ4n) is 3.72. The number of nitrogens with two attached hydrogens (primary N) is 1. The predicted molar refractivity (Wildman–Crippen MR) is 120 cm³/mol. The number of primary amides is 1. The molecule has 0 bridgehead atoms. The van der Waals surface area contributed by atoms with Gasteiger partial charge in [0.2, 0.25) is 5.91 Å². The van der Waals surface area contributed by atoms with Gasteiger partial charge in [0.1, 0.15) is 17.3 Å². The highest BCUT2D eigenvalue weighted by molar-refractivity contribution is 6.10. The lowest BCUT2D eigenvalue weighted by Crippen LogP contribution is -2.18. The molecule has 0 spiro atoms. The van der Waals surface area contributed by atoms with Gasteiger partial charge in [0, 0.05) is 5.39 Å². The van der Waals surface area contributed by atoms with Crippen molar-refractivity contribution in [2.45, 2.75) is 20.4 Å². The van der Waals surface area contributed by atoms with Crippen LogP contribution in [0.15, 0.2) is 42.5 Å². The fraction of sp³-hybridized carbons (Fsp3) is 0.125. The molecule has 2 aromatic heterocycles. The van der Waals surface area contributed by atoms with Crippen LogP contribution >= 0.6 is 0 Å². The topological polar surface area (TPSA) is 127 Å². The Morgan fingerprint density at radius 1 is 1.18 bits per heavy atom. The van der Waals surface area contributed by atoms with Crippen LogP contribution in [0, 0.1) is 36.8 Å². The molecule has 2 heterocycles. The van der Waals surface area contributed by atoms with Crippen LogP contribution in [0.5, 0.6) is 0 Å². The normalized spacial score (nSPS) is 10.8. The van der Waals surface area contributed by atoms with Crippen molar-refractivity contribution in [3.05, 3.63) is 87.9 Å². The number of benzene rings is 2. The number of carbonyl (C=O) groups excluding carboxylic acids is 2. The van der Waals surface area contributed by atoms with Crippen molar-refractivity contribution in [2.75, 3.05) is 5.32 Å². The van der Waals surface area contributed by atoms with E-state index < -0.39 is 23.4 Å². The molecular weight excluding hydrogens is 442 g/mol. The second kappa shape index (κ2) is 8.71. The maximum atomic E-state index is 14.3. The molecule has 0 unspecified atom stereocenters. The maximum Gasteiger partial charge on any atom is 0.274 e. The van der Waals surface area contributed by atoms with E-state index in [-0.39, 0.29) is 34.3 Å². The highest BCUT2D eigenvalue weighted by Gasteiger charge is 2.20. The van der Waals surface area contributed by atoms with Crippen molar-refractivity contribution in [1.82, 2.24) is 14.8 Å². The van der Waals surface area contributed by atoms with Crippen LogP contribution in [-0.2, 0) is 6.54 Å². The third-order valence-electron chi connectivity index (χ3n) is 5.41. The van der Waals surface area contributed by atoms with Gasteiger partial charge in [-0.15, -0.1) is 0 Å². The van der Waals surface area contributed by atoms with E-state index in [0.29, 0.717) is 22.6 Å². The molecular formula is C24H18F2N6O2. The number of halogens is 2. The van der Waals surface area contributed by atoms with Crippen molar-refractivity contribution in [2.24, 2.45) is 5.73 Å². The summed E-state index contributed by atoms with van der Waals surface area (Å²) in [7, 11) is 0. The highest BCUT2D eigenvalue weighted by atomic mass is 19.1. The van der Waals surface area contributed by atoms with E-state index in [0.717, 1.165) is 12.1 Å². The van der Waals surface area contributed by atoms with E-state index in [4.69, 9.17) is 5.73 Å². The Morgan fingerprint density at radius 2 is 1.94 bits per heavy atom. The molecule has 170 valence electrons. The van der Waals surface area contributed by atoms with E-state index in [1.165, 1.54) is 30.3 Å². The number of nitrogens with zero attached hydrogens (tertiary/aromatic N) is 4. The van der Waals surface area contributed by atoms with E-state index in [1.54, 1.807) is 18.5 Å². The van der Waals surface area contributed by atoms with Gasteiger partial charge in [0.05, 0.1) is 46.3 Å². The Labute approximate surface area is 192 Å². The minimum absolute atomic E-state index is 0.0562. The van der Waals surface area contributed by atoms with Gasteiger partial charge < -0.3 is 11.1 Å². The molecule has 0 atom stereocenters. The number of pyridine rings is 1. The largest absolute Gasteiger partial charge is 0.366 e. The van der Waals surface area contributed by atoms with Crippen LogP contribution in [0.25, 0.3) is 10.9 Å². The minimum atomic E-state index is -0.890. The Bertz CT molecular complexity index is 1520. The molecule has 0 fully saturated rings. The first kappa shape index (κ1) is 22.5. The van der Waals surface area contributed by atoms with Gasteiger partial charge in [-0.2, -0.15) is 10.4 Å². The number of aromatic nitrogens is 3. The van der Waals surface area contributed by atoms with Gasteiger partial charge in [0.25, 0.3) is 5.91 Å². The molecule has 0 aliphatic rings. The third kappa shape index (κ3) is 4.06. The summed E-state index contributed by atoms with van der Waals surface area (Å²) in [5, 5.41) is 16.4. The zero-order chi connectivity index (χ0) is 24.6. The minimum Gasteiger partial charge on any atom is -0.366 e. The lowest BCUT2D eigenvalue weighted by Gasteiger charge is -2.10. The Hall–Kier alpha value is -4.65. The summed E-state index contributed by atoms with van der Waals surface area (Å²) in [6.07, 6.45) is 0. The number of nitrogens with one attached hydrogen (secondary N) is 1. The number of anilines is 1. The Kier molecular flexibility index (Phi) is 5.77. The standard InChI is InChI=1S/C24H18F2N6O2/c1-12-22(13(2)32(31-12)11-14-6-7-16(25)8-15(14)10-27)30-24(34)20-9-17(23(28)33)21-18(26)4-3-5-19(21)29-20/h3-9H,11H2,1-2H3,(H2,28,33)(H,30,34). The van der Waals surface area contributed by atoms with Crippen LogP contribution in [0.3, 0.4) is 0 Å². The Morgan fingerprint density at radius 3 is 2.65 bits per heavy atom. The van der Waals surface area contributed by atoms with Crippen molar-refractivity contribution in [3.8, 4) is 6.07 Å². The quantitative estimate of drug-likeness (QED) is 0.471. The predicted octanol–water partition coefficient (Wildman–Crippen LogP) is 3.60. The summed E-state index contributed by atoms with van der Waals surface area (Å²) in [6.45, 7) is 3.60. The number of rotatable bonds is 5. The molecule has 0 radical (unpaired) electrons. The van der Waals surface area contributed by atoms with Crippen molar-refractivity contribution >= 4 is 28.4 Å². The van der Waals surface area contributed by atoms with E-state index in [2.05, 4.69) is 15.4 Å². The fourth-order valence-corrected chi connectivity index (χ4v) is 3.72. The van der Waals surface area contributed by atoms with Gasteiger partial charge in [-0.3, -0.25) is 14.3 Å². The molecule has 2 amide bonds. The van der Waals surface area contributed by atoms with E-state index in [9.17, 15) is 23.6 Å². The first-order valence-electron chi connectivity index (χ1n) is 10.1. The first-order valence-corrected chi connectivity index (χ1v) is 10.1. The molecule has 8 nitrogen and oxygen atoms in total. The average Bonchev–Trinajstić information content (AvgIpc) is 3.06. The van der Waals surface area contributed by atoms with Crippen molar-refractivity contribution < 1.29 is 18.4 Å². The number of hydrogen-bond donors (Lipinski definition) is 2. The van der Waals surface area contributed by atoms with Gasteiger partial charge in [-0.25, -0.2) is 13.8 Å². The molecule has 4 aromatic rings. The van der Waals surface area contributed by atoms with Gasteiger partial charge in [-0.05, 0) is 49.7 Å². The highest BCUT2D eigenvalue weighted by Crippen LogP contribution is 2.25. The third-order valence-corrected chi connectivity index (χ3v) is 5.41. The molecule has 0 aliphatic carbocycles. The smallest absolute Gasteiger partial charge is 0.274 e. The van der Waals surface area contributed by atoms with Crippen molar-refractivity contribution in [1.29, 1.82) is 5.26 Å². The SMILES string of the molecule is Cc1nn(Cc2ccc(F)cc2C#N)c(C)c1NC(=O)c1cc(C(N)=O)c2c(F)cccc2n1. The first-order chi connectivity index (χ1) is 16.2. The molecule has 0 saturated heterocycles. The number of amides is 2. The summed E-state index contributed by atoms with van der Waals surface area (Å²) in [5.41, 5.74) is 7.48. The second-order valence-corrected chi connectivity index (χ2v) is 7.62. The number of nitriles is 1. The molecule has 4 rings (SSSR count). The lowest BCUT2D eigenvalue weighted by atomic mass is 10.1. The van der Waals surface area contributed by atoms with Crippen LogP contribution < -0.4 is 11.1 Å². The zero-order valence-corrected chi connectivity index (χ0v) is 18.2. The van der Waals surface area contributed by atoms with Gasteiger partial charge >= 0.3 is 0 Å². The molecule has 10 heteroatoms. The van der Waals surface area contributed by atoms with Crippen molar-refractivity contribution in [3.63, 3.8) is 0 Å². The van der Waals surface area contributed by atoms with Crippen LogP contribution in [0.4, 0.5) is 14.5 Å². The van der Waals surface area contributed by atoms with E-state index in [1.807, 2.05) is 6.07 Å². The lowest BCUT2D eigenvalue weighted by molar-refractivity contribution is 0.100. The molecule has 2 aromatic carbocycles. The van der Waals surface area contributed by atoms with Crippen LogP contribution in [-0.4, -0.2) is 26.6 Å². The molecule has 0 aliphatic heterocycles. The number of hydrogen-bond acceptors (Lipinski definition) is 5. The summed E-state index contributed by atoms with van der Waals surface area (Å²) < 4.78 is 29.3. The summed E-state index contributed by atoms with van der Waals surface area (Å²) in [4.78, 5) is 29.1. The summed E-state index contributed by atoms with van der Waals surface area (Å²) >= 11 is 0. The average molecular weight is 460 g/mol. The number of aryl methyl sites for hydroxylation is 1. The molecule has 3 N–H and O–H groups in total. The molecule has 34 heavy (non-hydrogen) atoms. The van der Waals surface area contributed by atoms with Crippen LogP contribution in [0.1, 0.15) is 43.4 Å². The summed E-state index contributed by atoms with van der Waals surface area (Å²) in [6, 6.07) is 11.1. The second-order valence-electron chi connectivity index (χ2n) is 7.62. The number of fused-ring (bicyclic) bond motifs is 1. The zero-order valence-electron chi connectivity index (χ0n) is 18.2. The van der Waals surface area contributed by atoms with Gasteiger partial charge in [0.15, 0.2) is 0 Å². The van der Waals surface area contributed by atoms with E-state index >= 15 is 0 Å². The monoisotopic (exact) mass is 460 g/mol.